The van der Waals surface area contributed by atoms with Crippen molar-refractivity contribution >= 4 is 49.3 Å². The zero-order chi connectivity index (χ0) is 21.7. The number of hydrogen-bond acceptors (Lipinski definition) is 5. The Morgan fingerprint density at radius 1 is 1.10 bits per heavy atom. The Balaban J connectivity index is 1.58. The Hall–Kier alpha value is -2.36. The van der Waals surface area contributed by atoms with Gasteiger partial charge in [-0.2, -0.15) is 4.31 Å². The quantitative estimate of drug-likeness (QED) is 0.625. The molecule has 7 nitrogen and oxygen atoms in total. The van der Waals surface area contributed by atoms with E-state index in [1.54, 1.807) is 13.2 Å². The predicted octanol–water partition coefficient (Wildman–Crippen LogP) is 3.19. The molecule has 1 saturated heterocycles. The number of anilines is 2. The summed E-state index contributed by atoms with van der Waals surface area (Å²) in [6.45, 7) is 2.22. The molecule has 30 heavy (non-hydrogen) atoms. The molecule has 2 aromatic carbocycles. The maximum atomic E-state index is 12.3. The summed E-state index contributed by atoms with van der Waals surface area (Å²) >= 11 is 3.41. The third-order valence-electron chi connectivity index (χ3n) is 4.81. The summed E-state index contributed by atoms with van der Waals surface area (Å²) in [6, 6.07) is 13.1. The van der Waals surface area contributed by atoms with Crippen molar-refractivity contribution in [3.05, 3.63) is 58.6 Å². The van der Waals surface area contributed by atoms with E-state index in [9.17, 15) is 13.2 Å². The fourth-order valence-electron chi connectivity index (χ4n) is 3.22. The van der Waals surface area contributed by atoms with Crippen LogP contribution >= 0.6 is 15.9 Å². The van der Waals surface area contributed by atoms with Gasteiger partial charge >= 0.3 is 0 Å². The van der Waals surface area contributed by atoms with E-state index in [0.717, 1.165) is 15.7 Å². The van der Waals surface area contributed by atoms with Crippen molar-refractivity contribution in [2.45, 2.75) is 0 Å². The summed E-state index contributed by atoms with van der Waals surface area (Å²) in [5.41, 5.74) is 2.48. The zero-order valence-corrected chi connectivity index (χ0v) is 19.2. The monoisotopic (exact) mass is 493 g/mol. The number of hydrogen-bond donors (Lipinski definition) is 1. The first-order chi connectivity index (χ1) is 14.3. The lowest BCUT2D eigenvalue weighted by Gasteiger charge is -2.34. The van der Waals surface area contributed by atoms with Crippen LogP contribution in [-0.4, -0.2) is 58.2 Å². The van der Waals surface area contributed by atoms with Crippen molar-refractivity contribution in [1.29, 1.82) is 0 Å². The van der Waals surface area contributed by atoms with Gasteiger partial charge in [0.15, 0.2) is 0 Å². The van der Waals surface area contributed by atoms with Gasteiger partial charge in [0.05, 0.1) is 13.4 Å². The van der Waals surface area contributed by atoms with Gasteiger partial charge in [-0.3, -0.25) is 4.79 Å². The van der Waals surface area contributed by atoms with Gasteiger partial charge in [-0.1, -0.05) is 15.9 Å². The van der Waals surface area contributed by atoms with Gasteiger partial charge in [-0.05, 0) is 48.5 Å². The van der Waals surface area contributed by atoms with Crippen molar-refractivity contribution in [1.82, 2.24) is 4.31 Å². The Morgan fingerprint density at radius 2 is 1.77 bits per heavy atom. The minimum atomic E-state index is -3.14. The molecule has 1 aliphatic heterocycles. The summed E-state index contributed by atoms with van der Waals surface area (Å²) in [5, 5.41) is 2.84. The van der Waals surface area contributed by atoms with E-state index in [0.29, 0.717) is 37.6 Å². The van der Waals surface area contributed by atoms with Crippen LogP contribution in [0.25, 0.3) is 6.08 Å². The number of amides is 1. The van der Waals surface area contributed by atoms with Gasteiger partial charge in [0.25, 0.3) is 0 Å². The SMILES string of the molecule is COc1ccc(Br)cc1/C=C/C(=O)Nc1ccc(N2CCN(S(C)(=O)=O)CC2)cc1. The van der Waals surface area contributed by atoms with Gasteiger partial charge in [0.2, 0.25) is 15.9 Å². The molecular weight excluding hydrogens is 470 g/mol. The Kier molecular flexibility index (Phi) is 7.17. The first kappa shape index (κ1) is 22.3. The molecule has 1 heterocycles. The number of sulfonamides is 1. The average molecular weight is 494 g/mol. The normalized spacial score (nSPS) is 15.4. The van der Waals surface area contributed by atoms with E-state index in [-0.39, 0.29) is 5.91 Å². The third kappa shape index (κ3) is 5.84. The Labute approximate surface area is 185 Å². The average Bonchev–Trinajstić information content (AvgIpc) is 2.72. The lowest BCUT2D eigenvalue weighted by molar-refractivity contribution is -0.111. The molecule has 0 radical (unpaired) electrons. The lowest BCUT2D eigenvalue weighted by Crippen LogP contribution is -2.48. The molecule has 0 spiro atoms. The molecule has 0 aromatic heterocycles. The Morgan fingerprint density at radius 3 is 2.37 bits per heavy atom. The van der Waals surface area contributed by atoms with Crippen LogP contribution in [0.4, 0.5) is 11.4 Å². The zero-order valence-electron chi connectivity index (χ0n) is 16.8. The van der Waals surface area contributed by atoms with Crippen molar-refractivity contribution in [2.75, 3.05) is 49.8 Å². The van der Waals surface area contributed by atoms with Crippen molar-refractivity contribution < 1.29 is 17.9 Å². The van der Waals surface area contributed by atoms with E-state index < -0.39 is 10.0 Å². The van der Waals surface area contributed by atoms with Crippen LogP contribution in [0.3, 0.4) is 0 Å². The minimum Gasteiger partial charge on any atom is -0.496 e. The molecule has 9 heteroatoms. The molecule has 0 saturated carbocycles. The summed E-state index contributed by atoms with van der Waals surface area (Å²) in [6.07, 6.45) is 4.40. The topological polar surface area (TPSA) is 79.0 Å². The van der Waals surface area contributed by atoms with Crippen molar-refractivity contribution in [2.24, 2.45) is 0 Å². The number of nitrogens with one attached hydrogen (secondary N) is 1. The minimum absolute atomic E-state index is 0.244. The molecule has 1 fully saturated rings. The number of piperazine rings is 1. The third-order valence-corrected chi connectivity index (χ3v) is 6.61. The van der Waals surface area contributed by atoms with Gasteiger partial charge < -0.3 is 15.0 Å². The standard InChI is InChI=1S/C21H24BrN3O4S/c1-29-20-9-4-17(22)15-16(20)3-10-21(26)23-18-5-7-19(8-6-18)24-11-13-25(14-12-24)30(2,27)28/h3-10,15H,11-14H2,1-2H3,(H,23,26)/b10-3+. The number of methoxy groups -OCH3 is 1. The van der Waals surface area contributed by atoms with E-state index in [2.05, 4.69) is 26.1 Å². The molecule has 0 atom stereocenters. The molecule has 1 amide bonds. The van der Waals surface area contributed by atoms with Crippen LogP contribution in [0.5, 0.6) is 5.75 Å². The highest BCUT2D eigenvalue weighted by Crippen LogP contribution is 2.24. The molecule has 1 N–H and O–H groups in total. The number of ether oxygens (including phenoxy) is 1. The second kappa shape index (κ2) is 9.63. The highest BCUT2D eigenvalue weighted by molar-refractivity contribution is 9.10. The number of rotatable bonds is 6. The molecular formula is C21H24BrN3O4S. The van der Waals surface area contributed by atoms with Crippen LogP contribution < -0.4 is 15.0 Å². The molecule has 0 bridgehead atoms. The van der Waals surface area contributed by atoms with Crippen molar-refractivity contribution in [3.63, 3.8) is 0 Å². The summed E-state index contributed by atoms with van der Waals surface area (Å²) in [7, 11) is -1.56. The lowest BCUT2D eigenvalue weighted by atomic mass is 10.2. The van der Waals surface area contributed by atoms with Gasteiger partial charge in [-0.25, -0.2) is 8.42 Å². The molecule has 0 unspecified atom stereocenters. The van der Waals surface area contributed by atoms with Crippen LogP contribution in [0.1, 0.15) is 5.56 Å². The fraction of sp³-hybridized carbons (Fsp3) is 0.286. The summed E-state index contributed by atoms with van der Waals surface area (Å²) in [5.74, 6) is 0.439. The van der Waals surface area contributed by atoms with Crippen LogP contribution in [0.15, 0.2) is 53.0 Å². The highest BCUT2D eigenvalue weighted by Gasteiger charge is 2.23. The highest BCUT2D eigenvalue weighted by atomic mass is 79.9. The van der Waals surface area contributed by atoms with Crippen molar-refractivity contribution in [3.8, 4) is 5.75 Å². The largest absolute Gasteiger partial charge is 0.496 e. The maximum Gasteiger partial charge on any atom is 0.248 e. The van der Waals surface area contributed by atoms with Gasteiger partial charge in [0, 0.05) is 53.7 Å². The molecule has 160 valence electrons. The van der Waals surface area contributed by atoms with E-state index in [1.165, 1.54) is 16.6 Å². The van der Waals surface area contributed by atoms with Crippen LogP contribution in [-0.2, 0) is 14.8 Å². The second-order valence-corrected chi connectivity index (χ2v) is 9.80. The summed E-state index contributed by atoms with van der Waals surface area (Å²) in [4.78, 5) is 14.4. The van der Waals surface area contributed by atoms with E-state index >= 15 is 0 Å². The molecule has 3 rings (SSSR count). The number of nitrogens with zero attached hydrogens (tertiary/aromatic N) is 2. The molecule has 1 aliphatic rings. The second-order valence-electron chi connectivity index (χ2n) is 6.90. The summed E-state index contributed by atoms with van der Waals surface area (Å²) < 4.78 is 30.9. The van der Waals surface area contributed by atoms with E-state index in [4.69, 9.17) is 4.74 Å². The number of halogens is 1. The number of carbonyl (C=O) groups is 1. The molecule has 0 aliphatic carbocycles. The number of benzene rings is 2. The van der Waals surface area contributed by atoms with Crippen LogP contribution in [0.2, 0.25) is 0 Å². The fourth-order valence-corrected chi connectivity index (χ4v) is 4.42. The first-order valence-corrected chi connectivity index (χ1v) is 12.0. The van der Waals surface area contributed by atoms with E-state index in [1.807, 2.05) is 42.5 Å². The first-order valence-electron chi connectivity index (χ1n) is 9.39. The van der Waals surface area contributed by atoms with Gasteiger partial charge in [-0.15, -0.1) is 0 Å². The van der Waals surface area contributed by atoms with Gasteiger partial charge in [0.1, 0.15) is 5.75 Å². The smallest absolute Gasteiger partial charge is 0.248 e. The predicted molar refractivity (Wildman–Crippen MR) is 123 cm³/mol. The Bertz CT molecular complexity index is 1030. The van der Waals surface area contributed by atoms with Crippen LogP contribution in [0, 0.1) is 0 Å². The molecule has 2 aromatic rings. The maximum absolute atomic E-state index is 12.3. The number of carbonyl (C=O) groups excluding carboxylic acids is 1.